The zero-order valence-electron chi connectivity index (χ0n) is 8.23. The number of hydrogen-bond acceptors (Lipinski definition) is 4. The van der Waals surface area contributed by atoms with Crippen molar-refractivity contribution in [2.75, 3.05) is 6.61 Å². The summed E-state index contributed by atoms with van der Waals surface area (Å²) in [6.07, 6.45) is 1.59. The molecule has 3 nitrogen and oxygen atoms in total. The van der Waals surface area contributed by atoms with Gasteiger partial charge in [0, 0.05) is 0 Å². The van der Waals surface area contributed by atoms with Gasteiger partial charge in [-0.15, -0.1) is 11.3 Å². The number of esters is 1. The summed E-state index contributed by atoms with van der Waals surface area (Å²) in [5.41, 5.74) is 0.566. The molecule has 0 aliphatic rings. The molecule has 0 saturated carbocycles. The van der Waals surface area contributed by atoms with Gasteiger partial charge in [-0.25, -0.2) is 4.79 Å². The molecule has 0 spiro atoms. The first-order chi connectivity index (χ1) is 7.33. The van der Waals surface area contributed by atoms with Crippen LogP contribution in [0.2, 0.25) is 0 Å². The molecule has 2 aromatic heterocycles. The Morgan fingerprint density at radius 3 is 3.07 bits per heavy atom. The van der Waals surface area contributed by atoms with Gasteiger partial charge < -0.3 is 9.15 Å². The lowest BCUT2D eigenvalue weighted by atomic mass is 10.2. The maximum Gasteiger partial charge on any atom is 0.339 e. The molecular formula is C11H10O3S. The summed E-state index contributed by atoms with van der Waals surface area (Å²) in [6.45, 7) is 2.17. The fourth-order valence-corrected chi connectivity index (χ4v) is 2.13. The van der Waals surface area contributed by atoms with Crippen molar-refractivity contribution in [2.45, 2.75) is 6.92 Å². The number of carbonyl (C=O) groups excluding carboxylic acids is 1. The fourth-order valence-electron chi connectivity index (χ4n) is 1.28. The van der Waals surface area contributed by atoms with Gasteiger partial charge in [-0.3, -0.25) is 0 Å². The van der Waals surface area contributed by atoms with Crippen molar-refractivity contribution >= 4 is 17.3 Å². The molecule has 0 saturated heterocycles. The zero-order chi connectivity index (χ0) is 10.7. The van der Waals surface area contributed by atoms with Crippen molar-refractivity contribution in [1.29, 1.82) is 0 Å². The van der Waals surface area contributed by atoms with Crippen molar-refractivity contribution < 1.29 is 13.9 Å². The third-order valence-electron chi connectivity index (χ3n) is 1.91. The van der Waals surface area contributed by atoms with E-state index in [2.05, 4.69) is 0 Å². The van der Waals surface area contributed by atoms with E-state index < -0.39 is 0 Å². The molecule has 0 bridgehead atoms. The predicted octanol–water partition coefficient (Wildman–Crippen LogP) is 3.18. The van der Waals surface area contributed by atoms with E-state index in [1.165, 1.54) is 11.3 Å². The van der Waals surface area contributed by atoms with Crippen LogP contribution in [0.25, 0.3) is 10.6 Å². The van der Waals surface area contributed by atoms with Crippen LogP contribution in [0.5, 0.6) is 0 Å². The Labute approximate surface area is 91.3 Å². The van der Waals surface area contributed by atoms with Gasteiger partial charge >= 0.3 is 5.97 Å². The van der Waals surface area contributed by atoms with Crippen LogP contribution in [0.4, 0.5) is 0 Å². The molecule has 0 aromatic carbocycles. The molecule has 2 aromatic rings. The number of rotatable bonds is 3. The van der Waals surface area contributed by atoms with Crippen LogP contribution in [0.1, 0.15) is 17.3 Å². The van der Waals surface area contributed by atoms with Crippen LogP contribution in [0.3, 0.4) is 0 Å². The number of thiophene rings is 1. The topological polar surface area (TPSA) is 39.4 Å². The molecule has 15 heavy (non-hydrogen) atoms. The van der Waals surface area contributed by atoms with Crippen LogP contribution < -0.4 is 0 Å². The lowest BCUT2D eigenvalue weighted by Crippen LogP contribution is -2.04. The van der Waals surface area contributed by atoms with E-state index in [1.54, 1.807) is 25.3 Å². The van der Waals surface area contributed by atoms with Gasteiger partial charge in [0.15, 0.2) is 0 Å². The maximum atomic E-state index is 11.6. The molecule has 0 aliphatic heterocycles. The highest BCUT2D eigenvalue weighted by Gasteiger charge is 2.16. The summed E-state index contributed by atoms with van der Waals surface area (Å²) >= 11 is 1.47. The van der Waals surface area contributed by atoms with E-state index in [4.69, 9.17) is 9.15 Å². The average molecular weight is 222 g/mol. The van der Waals surface area contributed by atoms with E-state index in [0.717, 1.165) is 4.88 Å². The summed E-state index contributed by atoms with van der Waals surface area (Å²) in [7, 11) is 0. The molecule has 0 amide bonds. The van der Waals surface area contributed by atoms with Gasteiger partial charge in [-0.1, -0.05) is 0 Å². The standard InChI is InChI=1S/C11H10O3S/c1-2-13-11(12)8-5-7-15-10(8)9-4-3-6-14-9/h3-7H,2H2,1H3. The largest absolute Gasteiger partial charge is 0.463 e. The van der Waals surface area contributed by atoms with E-state index in [9.17, 15) is 4.79 Å². The van der Waals surface area contributed by atoms with Crippen molar-refractivity contribution in [2.24, 2.45) is 0 Å². The van der Waals surface area contributed by atoms with Gasteiger partial charge in [0.05, 0.1) is 23.3 Å². The Morgan fingerprint density at radius 2 is 2.40 bits per heavy atom. The lowest BCUT2D eigenvalue weighted by molar-refractivity contribution is 0.0527. The van der Waals surface area contributed by atoms with E-state index in [-0.39, 0.29) is 5.97 Å². The quantitative estimate of drug-likeness (QED) is 0.749. The van der Waals surface area contributed by atoms with Crippen LogP contribution in [-0.4, -0.2) is 12.6 Å². The normalized spacial score (nSPS) is 10.2. The van der Waals surface area contributed by atoms with Gasteiger partial charge in [0.25, 0.3) is 0 Å². The van der Waals surface area contributed by atoms with Gasteiger partial charge in [-0.05, 0) is 30.5 Å². The first-order valence-electron chi connectivity index (χ1n) is 4.61. The van der Waals surface area contributed by atoms with Crippen molar-refractivity contribution in [3.05, 3.63) is 35.4 Å². The second-order valence-corrected chi connectivity index (χ2v) is 3.78. The Kier molecular flexibility index (Phi) is 2.87. The highest BCUT2D eigenvalue weighted by atomic mass is 32.1. The Balaban J connectivity index is 2.34. The van der Waals surface area contributed by atoms with Crippen molar-refractivity contribution in [3.8, 4) is 10.6 Å². The Bertz CT molecular complexity index is 442. The molecule has 0 atom stereocenters. The predicted molar refractivity (Wildman–Crippen MR) is 58.0 cm³/mol. The van der Waals surface area contributed by atoms with Crippen LogP contribution >= 0.6 is 11.3 Å². The second kappa shape index (κ2) is 4.31. The summed E-state index contributed by atoms with van der Waals surface area (Å²) in [5.74, 6) is 0.401. The first-order valence-corrected chi connectivity index (χ1v) is 5.49. The SMILES string of the molecule is CCOC(=O)c1ccsc1-c1ccco1. The van der Waals surface area contributed by atoms with Crippen LogP contribution in [0.15, 0.2) is 34.3 Å². The molecule has 0 radical (unpaired) electrons. The van der Waals surface area contributed by atoms with Crippen LogP contribution in [0, 0.1) is 0 Å². The number of carbonyl (C=O) groups is 1. The minimum atomic E-state index is -0.301. The summed E-state index contributed by atoms with van der Waals surface area (Å²) in [4.78, 5) is 12.4. The van der Waals surface area contributed by atoms with Crippen molar-refractivity contribution in [3.63, 3.8) is 0 Å². The molecule has 4 heteroatoms. The molecular weight excluding hydrogens is 212 g/mol. The molecule has 2 heterocycles. The Hall–Kier alpha value is -1.55. The zero-order valence-corrected chi connectivity index (χ0v) is 9.04. The summed E-state index contributed by atoms with van der Waals surface area (Å²) in [5, 5.41) is 1.85. The minimum Gasteiger partial charge on any atom is -0.463 e. The molecule has 2 rings (SSSR count). The van der Waals surface area contributed by atoms with Crippen molar-refractivity contribution in [1.82, 2.24) is 0 Å². The number of ether oxygens (including phenoxy) is 1. The molecule has 0 aliphatic carbocycles. The third-order valence-corrected chi connectivity index (χ3v) is 2.83. The second-order valence-electron chi connectivity index (χ2n) is 2.86. The van der Waals surface area contributed by atoms with E-state index in [0.29, 0.717) is 17.9 Å². The molecule has 78 valence electrons. The molecule has 0 N–H and O–H groups in total. The van der Waals surface area contributed by atoms with Gasteiger partial charge in [-0.2, -0.15) is 0 Å². The number of hydrogen-bond donors (Lipinski definition) is 0. The van der Waals surface area contributed by atoms with E-state index >= 15 is 0 Å². The fraction of sp³-hybridized carbons (Fsp3) is 0.182. The summed E-state index contributed by atoms with van der Waals surface area (Å²) < 4.78 is 10.2. The van der Waals surface area contributed by atoms with Crippen LogP contribution in [-0.2, 0) is 4.74 Å². The third kappa shape index (κ3) is 1.94. The molecule has 0 fully saturated rings. The summed E-state index contributed by atoms with van der Waals surface area (Å²) in [6, 6.07) is 5.37. The first kappa shape index (κ1) is 9.98. The van der Waals surface area contributed by atoms with Gasteiger partial charge in [0.2, 0.25) is 0 Å². The maximum absolute atomic E-state index is 11.6. The lowest BCUT2D eigenvalue weighted by Gasteiger charge is -2.00. The Morgan fingerprint density at radius 1 is 1.53 bits per heavy atom. The smallest absolute Gasteiger partial charge is 0.339 e. The average Bonchev–Trinajstić information content (AvgIpc) is 2.88. The van der Waals surface area contributed by atoms with Gasteiger partial charge in [0.1, 0.15) is 5.76 Å². The highest BCUT2D eigenvalue weighted by Crippen LogP contribution is 2.30. The monoisotopic (exact) mass is 222 g/mol. The number of furan rings is 1. The highest BCUT2D eigenvalue weighted by molar-refractivity contribution is 7.14. The molecule has 0 unspecified atom stereocenters. The van der Waals surface area contributed by atoms with E-state index in [1.807, 2.05) is 11.4 Å². The minimum absolute atomic E-state index is 0.301.